The molecular weight excluding hydrogens is 402 g/mol. The fourth-order valence-corrected chi connectivity index (χ4v) is 3.16. The van der Waals surface area contributed by atoms with Gasteiger partial charge in [-0.2, -0.15) is 0 Å². The Morgan fingerprint density at radius 2 is 1.59 bits per heavy atom. The number of benzene rings is 3. The van der Waals surface area contributed by atoms with Crippen LogP contribution in [0.15, 0.2) is 78.9 Å². The number of nitrogens with zero attached hydrogens (tertiary/aromatic N) is 1. The number of ether oxygens (including phenoxy) is 1. The van der Waals surface area contributed by atoms with Crippen molar-refractivity contribution in [1.29, 1.82) is 0 Å². The molecule has 0 unspecified atom stereocenters. The number of para-hydroxylation sites is 2. The Morgan fingerprint density at radius 3 is 2.31 bits per heavy atom. The third-order valence-corrected chi connectivity index (χ3v) is 5.05. The molecular formula is C26H29N3O3. The molecule has 166 valence electrons. The van der Waals surface area contributed by atoms with Gasteiger partial charge in [-0.3, -0.25) is 9.59 Å². The fourth-order valence-electron chi connectivity index (χ4n) is 3.16. The third kappa shape index (κ3) is 6.87. The summed E-state index contributed by atoms with van der Waals surface area (Å²) in [6.07, 6.45) is 1.84. The van der Waals surface area contributed by atoms with E-state index in [0.29, 0.717) is 18.0 Å². The van der Waals surface area contributed by atoms with Crippen molar-refractivity contribution in [2.75, 3.05) is 35.7 Å². The van der Waals surface area contributed by atoms with Gasteiger partial charge in [0.15, 0.2) is 0 Å². The molecule has 2 N–H and O–H groups in total. The van der Waals surface area contributed by atoms with E-state index in [0.717, 1.165) is 24.2 Å². The van der Waals surface area contributed by atoms with E-state index in [1.54, 1.807) is 11.9 Å². The van der Waals surface area contributed by atoms with Gasteiger partial charge in [-0.1, -0.05) is 42.5 Å². The van der Waals surface area contributed by atoms with Gasteiger partial charge >= 0.3 is 0 Å². The van der Waals surface area contributed by atoms with Crippen LogP contribution in [0.5, 0.6) is 5.75 Å². The van der Waals surface area contributed by atoms with Crippen molar-refractivity contribution in [2.24, 2.45) is 0 Å². The van der Waals surface area contributed by atoms with Crippen molar-refractivity contribution in [3.63, 3.8) is 0 Å². The highest BCUT2D eigenvalue weighted by Crippen LogP contribution is 2.24. The first-order valence-corrected chi connectivity index (χ1v) is 10.7. The molecule has 2 amide bonds. The number of hydrogen-bond donors (Lipinski definition) is 2. The molecule has 3 aromatic rings. The maximum absolute atomic E-state index is 12.4. The highest BCUT2D eigenvalue weighted by molar-refractivity contribution is 5.95. The van der Waals surface area contributed by atoms with Gasteiger partial charge in [0.05, 0.1) is 18.8 Å². The van der Waals surface area contributed by atoms with Gasteiger partial charge in [0, 0.05) is 25.3 Å². The van der Waals surface area contributed by atoms with Gasteiger partial charge in [0.1, 0.15) is 5.75 Å². The standard InChI is InChI=1S/C26H29N3O3/c1-20(30)29(2)23-16-14-22(15-17-23)27-19-26(31)28-24-12-6-7-13-25(24)32-18-8-11-21-9-4-3-5-10-21/h3-7,9-10,12-17,27H,8,11,18-19H2,1-2H3,(H,28,31). The second kappa shape index (κ2) is 11.6. The zero-order chi connectivity index (χ0) is 22.8. The molecule has 0 aliphatic rings. The smallest absolute Gasteiger partial charge is 0.243 e. The maximum Gasteiger partial charge on any atom is 0.243 e. The molecule has 0 fully saturated rings. The molecule has 6 nitrogen and oxygen atoms in total. The van der Waals surface area contributed by atoms with E-state index in [2.05, 4.69) is 22.8 Å². The molecule has 6 heteroatoms. The molecule has 0 spiro atoms. The van der Waals surface area contributed by atoms with Gasteiger partial charge in [-0.05, 0) is 54.8 Å². The van der Waals surface area contributed by atoms with E-state index < -0.39 is 0 Å². The van der Waals surface area contributed by atoms with Crippen LogP contribution in [-0.4, -0.2) is 32.0 Å². The minimum atomic E-state index is -0.171. The topological polar surface area (TPSA) is 70.7 Å². The molecule has 0 aliphatic carbocycles. The summed E-state index contributed by atoms with van der Waals surface area (Å²) >= 11 is 0. The molecule has 32 heavy (non-hydrogen) atoms. The molecule has 0 bridgehead atoms. The highest BCUT2D eigenvalue weighted by Gasteiger charge is 2.09. The van der Waals surface area contributed by atoms with E-state index in [1.165, 1.54) is 12.5 Å². The molecule has 0 aromatic heterocycles. The van der Waals surface area contributed by atoms with E-state index >= 15 is 0 Å². The second-order valence-corrected chi connectivity index (χ2v) is 7.46. The predicted octanol–water partition coefficient (Wildman–Crippen LogP) is 4.73. The number of amides is 2. The zero-order valence-electron chi connectivity index (χ0n) is 18.5. The summed E-state index contributed by atoms with van der Waals surface area (Å²) < 4.78 is 5.91. The van der Waals surface area contributed by atoms with Crippen LogP contribution in [0.4, 0.5) is 17.1 Å². The average molecular weight is 432 g/mol. The SMILES string of the molecule is CC(=O)N(C)c1ccc(NCC(=O)Nc2ccccc2OCCCc2ccccc2)cc1. The summed E-state index contributed by atoms with van der Waals surface area (Å²) in [5.41, 5.74) is 3.53. The van der Waals surface area contributed by atoms with Crippen molar-refractivity contribution in [3.8, 4) is 5.75 Å². The van der Waals surface area contributed by atoms with E-state index in [-0.39, 0.29) is 18.4 Å². The molecule has 0 saturated heterocycles. The number of anilines is 3. The van der Waals surface area contributed by atoms with Crippen molar-refractivity contribution in [1.82, 2.24) is 0 Å². The molecule has 0 heterocycles. The number of nitrogens with one attached hydrogen (secondary N) is 2. The Morgan fingerprint density at radius 1 is 0.906 bits per heavy atom. The van der Waals surface area contributed by atoms with Crippen molar-refractivity contribution >= 4 is 28.9 Å². The summed E-state index contributed by atoms with van der Waals surface area (Å²) in [4.78, 5) is 25.4. The lowest BCUT2D eigenvalue weighted by Gasteiger charge is -2.16. The maximum atomic E-state index is 12.4. The van der Waals surface area contributed by atoms with Crippen LogP contribution >= 0.6 is 0 Å². The lowest BCUT2D eigenvalue weighted by atomic mass is 10.1. The van der Waals surface area contributed by atoms with Crippen LogP contribution in [0.1, 0.15) is 18.9 Å². The summed E-state index contributed by atoms with van der Waals surface area (Å²) in [6, 6.07) is 25.1. The van der Waals surface area contributed by atoms with Crippen molar-refractivity contribution < 1.29 is 14.3 Å². The van der Waals surface area contributed by atoms with Gasteiger partial charge in [-0.15, -0.1) is 0 Å². The zero-order valence-corrected chi connectivity index (χ0v) is 18.5. The largest absolute Gasteiger partial charge is 0.491 e. The highest BCUT2D eigenvalue weighted by atomic mass is 16.5. The number of rotatable bonds is 10. The summed E-state index contributed by atoms with van der Waals surface area (Å²) in [7, 11) is 1.72. The molecule has 0 saturated carbocycles. The fraction of sp³-hybridized carbons (Fsp3) is 0.231. The van der Waals surface area contributed by atoms with E-state index in [1.807, 2.05) is 66.7 Å². The Labute approximate surface area is 189 Å². The molecule has 0 atom stereocenters. The Kier molecular flexibility index (Phi) is 8.26. The van der Waals surface area contributed by atoms with Gasteiger partial charge in [0.25, 0.3) is 0 Å². The normalized spacial score (nSPS) is 10.3. The van der Waals surface area contributed by atoms with Crippen LogP contribution in [0.3, 0.4) is 0 Å². The lowest BCUT2D eigenvalue weighted by Crippen LogP contribution is -2.23. The van der Waals surface area contributed by atoms with Gasteiger partial charge < -0.3 is 20.3 Å². The molecule has 0 aliphatic heterocycles. The monoisotopic (exact) mass is 431 g/mol. The van der Waals surface area contributed by atoms with Crippen LogP contribution < -0.4 is 20.3 Å². The van der Waals surface area contributed by atoms with Gasteiger partial charge in [-0.25, -0.2) is 0 Å². The summed E-state index contributed by atoms with van der Waals surface area (Å²) in [5, 5.41) is 6.00. The Hall–Kier alpha value is -3.80. The molecule has 3 aromatic carbocycles. The van der Waals surface area contributed by atoms with Crippen molar-refractivity contribution in [2.45, 2.75) is 19.8 Å². The average Bonchev–Trinajstić information content (AvgIpc) is 2.82. The first kappa shape index (κ1) is 22.9. The first-order valence-electron chi connectivity index (χ1n) is 10.7. The number of carbonyl (C=O) groups excluding carboxylic acids is 2. The van der Waals surface area contributed by atoms with Crippen LogP contribution in [-0.2, 0) is 16.0 Å². The van der Waals surface area contributed by atoms with Gasteiger partial charge in [0.2, 0.25) is 11.8 Å². The number of carbonyl (C=O) groups is 2. The van der Waals surface area contributed by atoms with Crippen molar-refractivity contribution in [3.05, 3.63) is 84.4 Å². The summed E-state index contributed by atoms with van der Waals surface area (Å²) in [6.45, 7) is 2.20. The second-order valence-electron chi connectivity index (χ2n) is 7.46. The predicted molar refractivity (Wildman–Crippen MR) is 129 cm³/mol. The van der Waals surface area contributed by atoms with E-state index in [4.69, 9.17) is 4.74 Å². The quantitative estimate of drug-likeness (QED) is 0.455. The number of aryl methyl sites for hydroxylation is 1. The minimum Gasteiger partial charge on any atom is -0.491 e. The minimum absolute atomic E-state index is 0.0361. The van der Waals surface area contributed by atoms with Crippen LogP contribution in [0.25, 0.3) is 0 Å². The molecule has 3 rings (SSSR count). The number of hydrogen-bond acceptors (Lipinski definition) is 4. The van der Waals surface area contributed by atoms with E-state index in [9.17, 15) is 9.59 Å². The lowest BCUT2D eigenvalue weighted by molar-refractivity contribution is -0.116. The molecule has 0 radical (unpaired) electrons. The Balaban J connectivity index is 1.47. The first-order chi connectivity index (χ1) is 15.5. The third-order valence-electron chi connectivity index (χ3n) is 5.05. The van der Waals surface area contributed by atoms with Crippen LogP contribution in [0, 0.1) is 0 Å². The summed E-state index contributed by atoms with van der Waals surface area (Å²) in [5.74, 6) is 0.451. The Bertz CT molecular complexity index is 1020. The van der Waals surface area contributed by atoms with Crippen LogP contribution in [0.2, 0.25) is 0 Å².